The lowest BCUT2D eigenvalue weighted by Crippen LogP contribution is -2.35. The number of carbonyl (C=O) groups is 3. The zero-order valence-corrected chi connectivity index (χ0v) is 19.6. The van der Waals surface area contributed by atoms with Crippen LogP contribution in [-0.4, -0.2) is 39.4 Å². The number of rotatable bonds is 6. The molecule has 3 amide bonds. The molecule has 35 heavy (non-hydrogen) atoms. The molecule has 174 valence electrons. The van der Waals surface area contributed by atoms with Crippen molar-refractivity contribution in [3.05, 3.63) is 106 Å². The third-order valence-electron chi connectivity index (χ3n) is 5.94. The van der Waals surface area contributed by atoms with Crippen molar-refractivity contribution in [1.82, 2.24) is 14.9 Å². The van der Waals surface area contributed by atoms with E-state index in [1.807, 2.05) is 53.1 Å². The largest absolute Gasteiger partial charge is 0.332 e. The maximum Gasteiger partial charge on any atom is 0.288 e. The predicted molar refractivity (Wildman–Crippen MR) is 135 cm³/mol. The fraction of sp³-hybridized carbons (Fsp3) is 0.111. The third kappa shape index (κ3) is 4.22. The topological polar surface area (TPSA) is 83.8 Å². The summed E-state index contributed by atoms with van der Waals surface area (Å²) < 4.78 is 1.89. The minimum Gasteiger partial charge on any atom is -0.332 e. The monoisotopic (exact) mass is 484 g/mol. The third-order valence-corrected chi connectivity index (χ3v) is 6.31. The van der Waals surface area contributed by atoms with E-state index in [2.05, 4.69) is 10.5 Å². The Morgan fingerprint density at radius 2 is 1.54 bits per heavy atom. The van der Waals surface area contributed by atoms with Crippen LogP contribution in [0.15, 0.2) is 84.0 Å². The van der Waals surface area contributed by atoms with Gasteiger partial charge in [-0.15, -0.1) is 0 Å². The van der Waals surface area contributed by atoms with Gasteiger partial charge >= 0.3 is 0 Å². The highest BCUT2D eigenvalue weighted by Crippen LogP contribution is 2.25. The minimum atomic E-state index is -0.407. The second kappa shape index (κ2) is 9.19. The van der Waals surface area contributed by atoms with Crippen LogP contribution in [0.2, 0.25) is 5.02 Å². The van der Waals surface area contributed by atoms with Crippen LogP contribution in [-0.2, 0) is 6.54 Å². The molecule has 8 heteroatoms. The standard InChI is InChI=1S/C27H21ClN4O3/c1-17(15-32-26(34)20-10-4-5-11-21(20)27(32)35)29-30-25(33)24-14-18-8-3-7-13-23(18)31(24)16-19-9-2-6-12-22(19)28/h2-14H,15-16H2,1H3,(H,30,33). The first-order chi connectivity index (χ1) is 16.9. The Balaban J connectivity index is 1.37. The van der Waals surface area contributed by atoms with Crippen molar-refractivity contribution in [3.63, 3.8) is 0 Å². The van der Waals surface area contributed by atoms with E-state index in [0.29, 0.717) is 34.1 Å². The van der Waals surface area contributed by atoms with Gasteiger partial charge in [0.2, 0.25) is 0 Å². The molecule has 3 aromatic carbocycles. The number of halogens is 1. The summed E-state index contributed by atoms with van der Waals surface area (Å²) in [7, 11) is 0. The van der Waals surface area contributed by atoms with Crippen LogP contribution in [0.4, 0.5) is 0 Å². The Morgan fingerprint density at radius 3 is 2.26 bits per heavy atom. The van der Waals surface area contributed by atoms with Gasteiger partial charge in [0.25, 0.3) is 17.7 Å². The van der Waals surface area contributed by atoms with Crippen molar-refractivity contribution in [3.8, 4) is 0 Å². The molecule has 1 N–H and O–H groups in total. The smallest absolute Gasteiger partial charge is 0.288 e. The maximum atomic E-state index is 13.1. The van der Waals surface area contributed by atoms with E-state index in [-0.39, 0.29) is 18.4 Å². The molecule has 0 aliphatic carbocycles. The van der Waals surface area contributed by atoms with Crippen molar-refractivity contribution < 1.29 is 14.4 Å². The van der Waals surface area contributed by atoms with Crippen LogP contribution in [0.5, 0.6) is 0 Å². The average molecular weight is 485 g/mol. The first kappa shape index (κ1) is 22.6. The molecule has 1 aromatic heterocycles. The van der Waals surface area contributed by atoms with Crippen molar-refractivity contribution in [2.75, 3.05) is 6.54 Å². The minimum absolute atomic E-state index is 0.0186. The number of carbonyl (C=O) groups excluding carboxylic acids is 3. The van der Waals surface area contributed by atoms with E-state index in [1.54, 1.807) is 37.3 Å². The van der Waals surface area contributed by atoms with Crippen LogP contribution >= 0.6 is 11.6 Å². The highest BCUT2D eigenvalue weighted by atomic mass is 35.5. The lowest BCUT2D eigenvalue weighted by Gasteiger charge is -2.14. The molecule has 0 unspecified atom stereocenters. The molecule has 0 atom stereocenters. The number of amides is 3. The van der Waals surface area contributed by atoms with Gasteiger partial charge in [0.15, 0.2) is 0 Å². The van der Waals surface area contributed by atoms with Crippen LogP contribution in [0.3, 0.4) is 0 Å². The van der Waals surface area contributed by atoms with E-state index in [9.17, 15) is 14.4 Å². The summed E-state index contributed by atoms with van der Waals surface area (Å²) in [5.74, 6) is -1.15. The Bertz CT molecular complexity index is 1490. The number of imide groups is 1. The number of hydrogen-bond acceptors (Lipinski definition) is 4. The fourth-order valence-corrected chi connectivity index (χ4v) is 4.41. The summed E-state index contributed by atoms with van der Waals surface area (Å²) in [4.78, 5) is 39.5. The molecule has 1 aliphatic rings. The van der Waals surface area contributed by atoms with Gasteiger partial charge in [-0.3, -0.25) is 19.3 Å². The molecule has 7 nitrogen and oxygen atoms in total. The van der Waals surface area contributed by atoms with Crippen molar-refractivity contribution in [2.45, 2.75) is 13.5 Å². The first-order valence-electron chi connectivity index (χ1n) is 11.0. The molecule has 0 spiro atoms. The Hall–Kier alpha value is -4.23. The van der Waals surface area contributed by atoms with E-state index in [0.717, 1.165) is 21.4 Å². The lowest BCUT2D eigenvalue weighted by atomic mass is 10.1. The Kier molecular flexibility index (Phi) is 5.93. The first-order valence-corrected chi connectivity index (χ1v) is 11.4. The second-order valence-corrected chi connectivity index (χ2v) is 8.70. The number of nitrogens with one attached hydrogen (secondary N) is 1. The number of fused-ring (bicyclic) bond motifs is 2. The molecule has 0 fully saturated rings. The van der Waals surface area contributed by atoms with Gasteiger partial charge in [-0.25, -0.2) is 5.43 Å². The van der Waals surface area contributed by atoms with Gasteiger partial charge in [-0.1, -0.05) is 60.1 Å². The number of nitrogens with zero attached hydrogens (tertiary/aromatic N) is 3. The van der Waals surface area contributed by atoms with Gasteiger partial charge in [0.1, 0.15) is 5.69 Å². The fourth-order valence-electron chi connectivity index (χ4n) is 4.22. The highest BCUT2D eigenvalue weighted by Gasteiger charge is 2.35. The van der Waals surface area contributed by atoms with E-state index in [1.165, 1.54) is 0 Å². The number of hydrogen-bond donors (Lipinski definition) is 1. The predicted octanol–water partition coefficient (Wildman–Crippen LogP) is 4.74. The van der Waals surface area contributed by atoms with Gasteiger partial charge in [-0.2, -0.15) is 5.10 Å². The molecule has 1 aliphatic heterocycles. The number of aromatic nitrogens is 1. The summed E-state index contributed by atoms with van der Waals surface area (Å²) >= 11 is 6.37. The highest BCUT2D eigenvalue weighted by molar-refractivity contribution is 6.31. The van der Waals surface area contributed by atoms with Crippen LogP contribution in [0.25, 0.3) is 10.9 Å². The molecule has 4 aromatic rings. The SMILES string of the molecule is CC(CN1C(=O)c2ccccc2C1=O)=NNC(=O)c1cc2ccccc2n1Cc1ccccc1Cl. The van der Waals surface area contributed by atoms with Crippen molar-refractivity contribution in [2.24, 2.45) is 5.10 Å². The molecule has 0 radical (unpaired) electrons. The maximum absolute atomic E-state index is 13.1. The van der Waals surface area contributed by atoms with Crippen molar-refractivity contribution >= 4 is 45.9 Å². The summed E-state index contributed by atoms with van der Waals surface area (Å²) in [6.45, 7) is 2.05. The molecule has 2 heterocycles. The van der Waals surface area contributed by atoms with E-state index >= 15 is 0 Å². The molecule has 0 saturated heterocycles. The summed E-state index contributed by atoms with van der Waals surface area (Å²) in [6, 6.07) is 23.7. The van der Waals surface area contributed by atoms with Gasteiger partial charge in [-0.05, 0) is 42.8 Å². The number of para-hydroxylation sites is 1. The Labute approximate surface area is 206 Å². The molecule has 5 rings (SSSR count). The molecule has 0 saturated carbocycles. The zero-order chi connectivity index (χ0) is 24.5. The molecule has 0 bridgehead atoms. The second-order valence-electron chi connectivity index (χ2n) is 8.30. The van der Waals surface area contributed by atoms with Crippen LogP contribution in [0.1, 0.15) is 43.7 Å². The average Bonchev–Trinajstić information content (AvgIpc) is 3.35. The Morgan fingerprint density at radius 1 is 0.914 bits per heavy atom. The van der Waals surface area contributed by atoms with E-state index in [4.69, 9.17) is 11.6 Å². The molecular formula is C27H21ClN4O3. The van der Waals surface area contributed by atoms with Crippen LogP contribution in [0, 0.1) is 0 Å². The van der Waals surface area contributed by atoms with E-state index < -0.39 is 5.91 Å². The van der Waals surface area contributed by atoms with Gasteiger partial charge in [0.05, 0.1) is 23.4 Å². The summed E-state index contributed by atoms with van der Waals surface area (Å²) in [5, 5.41) is 5.69. The quantitative estimate of drug-likeness (QED) is 0.243. The lowest BCUT2D eigenvalue weighted by molar-refractivity contribution is 0.0677. The van der Waals surface area contributed by atoms with Gasteiger partial charge in [0, 0.05) is 22.5 Å². The molecular weight excluding hydrogens is 464 g/mol. The number of hydrazone groups is 1. The number of benzene rings is 3. The van der Waals surface area contributed by atoms with Gasteiger partial charge < -0.3 is 4.57 Å². The zero-order valence-electron chi connectivity index (χ0n) is 18.9. The summed E-state index contributed by atoms with van der Waals surface area (Å²) in [5.41, 5.74) is 5.93. The van der Waals surface area contributed by atoms with Crippen molar-refractivity contribution in [1.29, 1.82) is 0 Å². The summed E-state index contributed by atoms with van der Waals surface area (Å²) in [6.07, 6.45) is 0. The normalized spacial score (nSPS) is 13.4. The van der Waals surface area contributed by atoms with Crippen LogP contribution < -0.4 is 5.43 Å².